The minimum Gasteiger partial charge on any atom is -0.495 e. The van der Waals surface area contributed by atoms with Crippen LogP contribution in [0.3, 0.4) is 0 Å². The van der Waals surface area contributed by atoms with E-state index in [1.807, 2.05) is 23.1 Å². The molecular weight excluding hydrogens is 390 g/mol. The molecule has 0 fully saturated rings. The summed E-state index contributed by atoms with van der Waals surface area (Å²) >= 11 is 5.23. The average molecular weight is 408 g/mol. The molecule has 126 valence electrons. The molecule has 6 heteroatoms. The first-order chi connectivity index (χ1) is 11.7. The SMILES string of the molecule is COc1cc(C(=O)N2CCCSc3ccccc32)cc(OC)c1Br. The van der Waals surface area contributed by atoms with E-state index in [1.54, 1.807) is 38.1 Å². The minimum absolute atomic E-state index is 0.0472. The Balaban J connectivity index is 2.03. The van der Waals surface area contributed by atoms with E-state index < -0.39 is 0 Å². The first-order valence-corrected chi connectivity index (χ1v) is 9.38. The molecule has 0 unspecified atom stereocenters. The number of carbonyl (C=O) groups excluding carboxylic acids is 1. The normalized spacial score (nSPS) is 13.9. The Morgan fingerprint density at radius 3 is 2.50 bits per heavy atom. The van der Waals surface area contributed by atoms with Crippen molar-refractivity contribution in [2.75, 3.05) is 31.4 Å². The van der Waals surface area contributed by atoms with Crippen LogP contribution in [0, 0.1) is 0 Å². The third-order valence-corrected chi connectivity index (χ3v) is 5.81. The van der Waals surface area contributed by atoms with Gasteiger partial charge in [0.15, 0.2) is 0 Å². The Hall–Kier alpha value is -1.66. The number of carbonyl (C=O) groups is 1. The Morgan fingerprint density at radius 1 is 1.17 bits per heavy atom. The van der Waals surface area contributed by atoms with Crippen LogP contribution >= 0.6 is 27.7 Å². The maximum absolute atomic E-state index is 13.2. The number of thioether (sulfide) groups is 1. The van der Waals surface area contributed by atoms with Crippen molar-refractivity contribution >= 4 is 39.3 Å². The molecule has 1 amide bonds. The highest BCUT2D eigenvalue weighted by Gasteiger charge is 2.24. The summed E-state index contributed by atoms with van der Waals surface area (Å²) < 4.78 is 11.4. The molecule has 1 aliphatic heterocycles. The van der Waals surface area contributed by atoms with E-state index in [9.17, 15) is 4.79 Å². The standard InChI is InChI=1S/C18H18BrNO3S/c1-22-14-10-12(11-15(23-2)17(14)19)18(21)20-8-5-9-24-16-7-4-3-6-13(16)20/h3-4,6-7,10-11H,5,8-9H2,1-2H3. The molecule has 0 saturated heterocycles. The summed E-state index contributed by atoms with van der Waals surface area (Å²) in [5.74, 6) is 2.12. The van der Waals surface area contributed by atoms with Gasteiger partial charge in [-0.3, -0.25) is 4.79 Å². The molecule has 0 radical (unpaired) electrons. The number of rotatable bonds is 3. The highest BCUT2D eigenvalue weighted by Crippen LogP contribution is 2.38. The second-order valence-corrected chi connectivity index (χ2v) is 7.25. The van der Waals surface area contributed by atoms with Gasteiger partial charge < -0.3 is 14.4 Å². The Kier molecular flexibility index (Phi) is 5.36. The predicted molar refractivity (Wildman–Crippen MR) is 101 cm³/mol. The zero-order valence-electron chi connectivity index (χ0n) is 13.5. The fourth-order valence-corrected chi connectivity index (χ4v) is 4.23. The maximum Gasteiger partial charge on any atom is 0.258 e. The molecule has 2 aromatic carbocycles. The molecule has 1 heterocycles. The van der Waals surface area contributed by atoms with Crippen molar-refractivity contribution in [2.24, 2.45) is 0 Å². The second kappa shape index (κ2) is 7.49. The monoisotopic (exact) mass is 407 g/mol. The van der Waals surface area contributed by atoms with Crippen molar-refractivity contribution in [3.8, 4) is 11.5 Å². The third kappa shape index (κ3) is 3.26. The quantitative estimate of drug-likeness (QED) is 0.744. The number of nitrogens with zero attached hydrogens (tertiary/aromatic N) is 1. The molecule has 24 heavy (non-hydrogen) atoms. The van der Waals surface area contributed by atoms with Crippen LogP contribution in [0.1, 0.15) is 16.8 Å². The lowest BCUT2D eigenvalue weighted by Crippen LogP contribution is -2.31. The Morgan fingerprint density at radius 2 is 1.83 bits per heavy atom. The number of amides is 1. The van der Waals surface area contributed by atoms with Gasteiger partial charge in [-0.1, -0.05) is 12.1 Å². The topological polar surface area (TPSA) is 38.8 Å². The first kappa shape index (κ1) is 17.2. The van der Waals surface area contributed by atoms with Crippen LogP contribution in [0.4, 0.5) is 5.69 Å². The number of fused-ring (bicyclic) bond motifs is 1. The zero-order valence-corrected chi connectivity index (χ0v) is 15.9. The van der Waals surface area contributed by atoms with Crippen LogP contribution in [0.15, 0.2) is 45.8 Å². The second-order valence-electron chi connectivity index (χ2n) is 5.32. The summed E-state index contributed by atoms with van der Waals surface area (Å²) in [5, 5.41) is 0. The number of ether oxygens (including phenoxy) is 2. The molecule has 0 bridgehead atoms. The number of benzene rings is 2. The lowest BCUT2D eigenvalue weighted by Gasteiger charge is -2.23. The molecule has 1 aliphatic rings. The van der Waals surface area contributed by atoms with Crippen LogP contribution in [0.5, 0.6) is 11.5 Å². The van der Waals surface area contributed by atoms with Gasteiger partial charge >= 0.3 is 0 Å². The van der Waals surface area contributed by atoms with E-state index in [2.05, 4.69) is 22.0 Å². The number of anilines is 1. The lowest BCUT2D eigenvalue weighted by atomic mass is 10.1. The summed E-state index contributed by atoms with van der Waals surface area (Å²) in [6.45, 7) is 0.698. The van der Waals surface area contributed by atoms with Gasteiger partial charge in [-0.2, -0.15) is 0 Å². The van der Waals surface area contributed by atoms with Crippen molar-refractivity contribution in [3.05, 3.63) is 46.4 Å². The number of methoxy groups -OCH3 is 2. The molecule has 4 nitrogen and oxygen atoms in total. The number of hydrogen-bond donors (Lipinski definition) is 0. The molecular formula is C18H18BrNO3S. The molecule has 0 saturated carbocycles. The lowest BCUT2D eigenvalue weighted by molar-refractivity contribution is 0.0986. The smallest absolute Gasteiger partial charge is 0.258 e. The molecule has 0 aromatic heterocycles. The fraction of sp³-hybridized carbons (Fsp3) is 0.278. The van der Waals surface area contributed by atoms with E-state index in [0.717, 1.165) is 22.8 Å². The van der Waals surface area contributed by atoms with Crippen LogP contribution < -0.4 is 14.4 Å². The summed E-state index contributed by atoms with van der Waals surface area (Å²) in [4.78, 5) is 16.1. The molecule has 0 N–H and O–H groups in total. The van der Waals surface area contributed by atoms with Crippen molar-refractivity contribution in [1.29, 1.82) is 0 Å². The van der Waals surface area contributed by atoms with Gasteiger partial charge in [0, 0.05) is 17.0 Å². The molecule has 0 aliphatic carbocycles. The number of halogens is 1. The van der Waals surface area contributed by atoms with E-state index in [0.29, 0.717) is 28.1 Å². The molecule has 2 aromatic rings. The van der Waals surface area contributed by atoms with Crippen LogP contribution in [-0.4, -0.2) is 32.4 Å². The van der Waals surface area contributed by atoms with E-state index in [1.165, 1.54) is 0 Å². The summed E-state index contributed by atoms with van der Waals surface area (Å²) in [5.41, 5.74) is 1.51. The first-order valence-electron chi connectivity index (χ1n) is 7.61. The third-order valence-electron chi connectivity index (χ3n) is 3.88. The van der Waals surface area contributed by atoms with Crippen LogP contribution in [0.2, 0.25) is 0 Å². The van der Waals surface area contributed by atoms with Crippen molar-refractivity contribution in [3.63, 3.8) is 0 Å². The fourth-order valence-electron chi connectivity index (χ4n) is 2.69. The van der Waals surface area contributed by atoms with E-state index >= 15 is 0 Å². The van der Waals surface area contributed by atoms with Gasteiger partial charge in [0.05, 0.1) is 19.9 Å². The summed E-state index contributed by atoms with van der Waals surface area (Å²) in [7, 11) is 3.15. The van der Waals surface area contributed by atoms with Crippen molar-refractivity contribution in [1.82, 2.24) is 0 Å². The van der Waals surface area contributed by atoms with Gasteiger partial charge in [-0.05, 0) is 52.4 Å². The largest absolute Gasteiger partial charge is 0.495 e. The van der Waals surface area contributed by atoms with Crippen LogP contribution in [-0.2, 0) is 0 Å². The van der Waals surface area contributed by atoms with Gasteiger partial charge in [0.25, 0.3) is 5.91 Å². The highest BCUT2D eigenvalue weighted by atomic mass is 79.9. The summed E-state index contributed by atoms with van der Waals surface area (Å²) in [6, 6.07) is 11.5. The van der Waals surface area contributed by atoms with Gasteiger partial charge in [0.1, 0.15) is 16.0 Å². The average Bonchev–Trinajstić information content (AvgIpc) is 2.83. The zero-order chi connectivity index (χ0) is 17.1. The maximum atomic E-state index is 13.2. The predicted octanol–water partition coefficient (Wildman–Crippen LogP) is 4.61. The minimum atomic E-state index is -0.0472. The van der Waals surface area contributed by atoms with Crippen LogP contribution in [0.25, 0.3) is 0 Å². The molecule has 0 spiro atoms. The van der Waals surface area contributed by atoms with Gasteiger partial charge in [-0.25, -0.2) is 0 Å². The van der Waals surface area contributed by atoms with Crippen molar-refractivity contribution < 1.29 is 14.3 Å². The van der Waals surface area contributed by atoms with E-state index in [-0.39, 0.29) is 5.91 Å². The molecule has 3 rings (SSSR count). The molecule has 0 atom stereocenters. The summed E-state index contributed by atoms with van der Waals surface area (Å²) in [6.07, 6.45) is 0.954. The number of hydrogen-bond acceptors (Lipinski definition) is 4. The Bertz CT molecular complexity index is 741. The van der Waals surface area contributed by atoms with Gasteiger partial charge in [-0.15, -0.1) is 11.8 Å². The van der Waals surface area contributed by atoms with Gasteiger partial charge in [0.2, 0.25) is 0 Å². The Labute approximate surface area is 154 Å². The number of para-hydroxylation sites is 1. The van der Waals surface area contributed by atoms with E-state index in [4.69, 9.17) is 9.47 Å². The highest BCUT2D eigenvalue weighted by molar-refractivity contribution is 9.10. The van der Waals surface area contributed by atoms with Crippen molar-refractivity contribution in [2.45, 2.75) is 11.3 Å².